The molecular weight excluding hydrogens is 294 g/mol. The van der Waals surface area contributed by atoms with Crippen LogP contribution in [-0.2, 0) is 11.3 Å². The van der Waals surface area contributed by atoms with E-state index in [0.29, 0.717) is 37.3 Å². The Balaban J connectivity index is 1.86. The molecule has 122 valence electrons. The first kappa shape index (κ1) is 16.7. The molecule has 0 saturated heterocycles. The lowest BCUT2D eigenvalue weighted by Crippen LogP contribution is -2.26. The van der Waals surface area contributed by atoms with Gasteiger partial charge in [-0.25, -0.2) is 4.98 Å². The molecular formula is C16H21N5O2. The molecule has 0 spiro atoms. The number of rotatable bonds is 8. The minimum Gasteiger partial charge on any atom is -0.352 e. The summed E-state index contributed by atoms with van der Waals surface area (Å²) in [7, 11) is 0. The Morgan fingerprint density at radius 1 is 1.30 bits per heavy atom. The molecule has 0 bridgehead atoms. The number of carbonyl (C=O) groups is 2. The monoisotopic (exact) mass is 315 g/mol. The van der Waals surface area contributed by atoms with Gasteiger partial charge in [-0.05, 0) is 31.2 Å². The maximum absolute atomic E-state index is 12.0. The topological polar surface area (TPSA) is 102 Å². The molecule has 23 heavy (non-hydrogen) atoms. The highest BCUT2D eigenvalue weighted by Crippen LogP contribution is 2.11. The Morgan fingerprint density at radius 3 is 2.91 bits per heavy atom. The molecule has 7 nitrogen and oxygen atoms in total. The van der Waals surface area contributed by atoms with E-state index in [1.165, 1.54) is 0 Å². The van der Waals surface area contributed by atoms with Crippen molar-refractivity contribution in [1.82, 2.24) is 14.9 Å². The van der Waals surface area contributed by atoms with Gasteiger partial charge in [-0.15, -0.1) is 0 Å². The van der Waals surface area contributed by atoms with Crippen LogP contribution in [0.4, 0.5) is 5.69 Å². The maximum Gasteiger partial charge on any atom is 0.251 e. The van der Waals surface area contributed by atoms with Crippen LogP contribution >= 0.6 is 0 Å². The average Bonchev–Trinajstić information content (AvgIpc) is 3.07. The van der Waals surface area contributed by atoms with Gasteiger partial charge in [0.15, 0.2) is 0 Å². The molecule has 0 aliphatic carbocycles. The number of anilines is 1. The number of nitrogens with one attached hydrogen (secondary N) is 2. The summed E-state index contributed by atoms with van der Waals surface area (Å²) in [6.07, 6.45) is 6.21. The highest BCUT2D eigenvalue weighted by atomic mass is 16.2. The van der Waals surface area contributed by atoms with Crippen LogP contribution in [0.25, 0.3) is 0 Å². The van der Waals surface area contributed by atoms with Crippen LogP contribution in [0, 0.1) is 0 Å². The summed E-state index contributed by atoms with van der Waals surface area (Å²) in [5.41, 5.74) is 6.50. The third-order valence-corrected chi connectivity index (χ3v) is 3.23. The Kier molecular flexibility index (Phi) is 6.31. The summed E-state index contributed by atoms with van der Waals surface area (Å²) in [5, 5.41) is 5.58. The number of imidazole rings is 1. The van der Waals surface area contributed by atoms with Gasteiger partial charge in [0.05, 0.1) is 6.33 Å². The molecule has 7 heteroatoms. The van der Waals surface area contributed by atoms with Gasteiger partial charge in [0, 0.05) is 43.2 Å². The summed E-state index contributed by atoms with van der Waals surface area (Å²) < 4.78 is 1.83. The number of nitrogens with zero attached hydrogens (tertiary/aromatic N) is 2. The van der Waals surface area contributed by atoms with Crippen molar-refractivity contribution in [2.75, 3.05) is 18.4 Å². The second-order valence-electron chi connectivity index (χ2n) is 5.08. The number of aromatic nitrogens is 2. The van der Waals surface area contributed by atoms with Gasteiger partial charge < -0.3 is 20.9 Å². The largest absolute Gasteiger partial charge is 0.352 e. The van der Waals surface area contributed by atoms with E-state index in [2.05, 4.69) is 15.6 Å². The number of aryl methyl sites for hydroxylation is 1. The van der Waals surface area contributed by atoms with Crippen molar-refractivity contribution in [3.8, 4) is 0 Å². The molecule has 1 aromatic heterocycles. The van der Waals surface area contributed by atoms with Crippen LogP contribution in [-0.4, -0.2) is 34.5 Å². The molecule has 1 aromatic carbocycles. The van der Waals surface area contributed by atoms with Crippen molar-refractivity contribution in [1.29, 1.82) is 0 Å². The van der Waals surface area contributed by atoms with Crippen molar-refractivity contribution in [3.05, 3.63) is 48.5 Å². The lowest BCUT2D eigenvalue weighted by atomic mass is 10.2. The Morgan fingerprint density at radius 2 is 2.17 bits per heavy atom. The molecule has 0 fully saturated rings. The zero-order valence-corrected chi connectivity index (χ0v) is 12.9. The Bertz CT molecular complexity index is 640. The van der Waals surface area contributed by atoms with Crippen LogP contribution in [0.3, 0.4) is 0 Å². The third-order valence-electron chi connectivity index (χ3n) is 3.23. The normalized spacial score (nSPS) is 10.3. The number of hydrogen-bond acceptors (Lipinski definition) is 4. The lowest BCUT2D eigenvalue weighted by Gasteiger charge is -2.08. The fourth-order valence-electron chi connectivity index (χ4n) is 2.02. The van der Waals surface area contributed by atoms with Crippen molar-refractivity contribution in [2.24, 2.45) is 5.73 Å². The van der Waals surface area contributed by atoms with Gasteiger partial charge in [-0.2, -0.15) is 0 Å². The van der Waals surface area contributed by atoms with Gasteiger partial charge >= 0.3 is 0 Å². The van der Waals surface area contributed by atoms with E-state index in [4.69, 9.17) is 5.73 Å². The number of benzene rings is 1. The fraction of sp³-hybridized carbons (Fsp3) is 0.312. The molecule has 1 heterocycles. The summed E-state index contributed by atoms with van der Waals surface area (Å²) in [5.74, 6) is -0.285. The third kappa shape index (κ3) is 5.55. The Labute approximate surface area is 134 Å². The Hall–Kier alpha value is -2.67. The van der Waals surface area contributed by atoms with Gasteiger partial charge in [-0.1, -0.05) is 6.07 Å². The summed E-state index contributed by atoms with van der Waals surface area (Å²) >= 11 is 0. The molecule has 0 atom stereocenters. The summed E-state index contributed by atoms with van der Waals surface area (Å²) in [6.45, 7) is 1.63. The van der Waals surface area contributed by atoms with E-state index in [-0.39, 0.29) is 11.8 Å². The van der Waals surface area contributed by atoms with Gasteiger partial charge in [0.25, 0.3) is 5.91 Å². The van der Waals surface area contributed by atoms with Gasteiger partial charge in [-0.3, -0.25) is 9.59 Å². The van der Waals surface area contributed by atoms with E-state index >= 15 is 0 Å². The van der Waals surface area contributed by atoms with Crippen molar-refractivity contribution in [3.63, 3.8) is 0 Å². The summed E-state index contributed by atoms with van der Waals surface area (Å²) in [6, 6.07) is 6.86. The number of carbonyl (C=O) groups excluding carboxylic acids is 2. The van der Waals surface area contributed by atoms with E-state index in [1.807, 2.05) is 4.57 Å². The molecule has 0 saturated carbocycles. The van der Waals surface area contributed by atoms with Crippen LogP contribution in [0.5, 0.6) is 0 Å². The molecule has 2 aromatic rings. The predicted octanol–water partition coefficient (Wildman–Crippen LogP) is 0.990. The second-order valence-corrected chi connectivity index (χ2v) is 5.08. The highest BCUT2D eigenvalue weighted by molar-refractivity contribution is 5.97. The van der Waals surface area contributed by atoms with Gasteiger partial charge in [0.2, 0.25) is 5.91 Å². The first-order valence-electron chi connectivity index (χ1n) is 7.53. The van der Waals surface area contributed by atoms with Crippen molar-refractivity contribution >= 4 is 17.5 Å². The van der Waals surface area contributed by atoms with E-state index in [0.717, 1.165) is 6.42 Å². The summed E-state index contributed by atoms with van der Waals surface area (Å²) in [4.78, 5) is 27.8. The van der Waals surface area contributed by atoms with Crippen LogP contribution in [0.1, 0.15) is 23.2 Å². The predicted molar refractivity (Wildman–Crippen MR) is 87.9 cm³/mol. The van der Waals surface area contributed by atoms with Crippen LogP contribution in [0.2, 0.25) is 0 Å². The molecule has 2 rings (SSSR count). The van der Waals surface area contributed by atoms with Gasteiger partial charge in [0.1, 0.15) is 0 Å². The molecule has 0 radical (unpaired) electrons. The van der Waals surface area contributed by atoms with Crippen LogP contribution in [0.15, 0.2) is 43.0 Å². The van der Waals surface area contributed by atoms with Crippen molar-refractivity contribution in [2.45, 2.75) is 19.4 Å². The van der Waals surface area contributed by atoms with Crippen LogP contribution < -0.4 is 16.4 Å². The van der Waals surface area contributed by atoms with E-state index < -0.39 is 0 Å². The van der Waals surface area contributed by atoms with Crippen molar-refractivity contribution < 1.29 is 9.59 Å². The number of hydrogen-bond donors (Lipinski definition) is 3. The van der Waals surface area contributed by atoms with E-state index in [1.54, 1.807) is 43.0 Å². The highest BCUT2D eigenvalue weighted by Gasteiger charge is 2.07. The average molecular weight is 315 g/mol. The standard InChI is InChI=1S/C16H21N5O2/c17-6-2-7-19-16(23)13-3-1-4-14(11-13)20-15(22)5-9-21-10-8-18-12-21/h1,3-4,8,10-12H,2,5-7,9,17H2,(H,19,23)(H,20,22). The fourth-order valence-corrected chi connectivity index (χ4v) is 2.02. The molecule has 0 unspecified atom stereocenters. The van der Waals surface area contributed by atoms with E-state index in [9.17, 15) is 9.59 Å². The number of nitrogens with two attached hydrogens (primary N) is 1. The molecule has 0 aliphatic rings. The second kappa shape index (κ2) is 8.70. The first-order chi connectivity index (χ1) is 11.2. The lowest BCUT2D eigenvalue weighted by molar-refractivity contribution is -0.116. The molecule has 0 aliphatic heterocycles. The molecule has 2 amide bonds. The minimum atomic E-state index is -0.173. The zero-order valence-electron chi connectivity index (χ0n) is 12.9. The first-order valence-corrected chi connectivity index (χ1v) is 7.53. The SMILES string of the molecule is NCCCNC(=O)c1cccc(NC(=O)CCn2ccnc2)c1. The molecule has 4 N–H and O–H groups in total. The quantitative estimate of drug-likeness (QED) is 0.632. The smallest absolute Gasteiger partial charge is 0.251 e. The zero-order chi connectivity index (χ0) is 16.5. The minimum absolute atomic E-state index is 0.112. The maximum atomic E-state index is 12.0. The number of amides is 2.